The van der Waals surface area contributed by atoms with E-state index >= 15 is 0 Å². The fourth-order valence-corrected chi connectivity index (χ4v) is 1.53. The molecule has 0 spiro atoms. The molecule has 0 aliphatic heterocycles. The molecule has 0 aliphatic rings. The van der Waals surface area contributed by atoms with Crippen LogP contribution < -0.4 is 5.32 Å². The topological polar surface area (TPSA) is 55.4 Å². The standard InChI is InChI=1S/C14H26NO3/c1-14(2,3)18-13(17)15-11-9-7-5-4-6-8-10-12-16/h4-11H2,1-3H3,(H,15,17). The molecule has 105 valence electrons. The number of ether oxygens (including phenoxy) is 1. The summed E-state index contributed by atoms with van der Waals surface area (Å²) in [6.45, 7) is 6.22. The molecule has 4 heteroatoms. The Balaban J connectivity index is 3.25. The maximum atomic E-state index is 11.3. The van der Waals surface area contributed by atoms with Gasteiger partial charge in [-0.25, -0.2) is 4.79 Å². The minimum Gasteiger partial charge on any atom is -0.444 e. The Bertz CT molecular complexity index is 234. The number of hydrogen-bond acceptors (Lipinski definition) is 3. The number of nitrogens with one attached hydrogen (secondary N) is 1. The third-order valence-corrected chi connectivity index (χ3v) is 2.37. The first-order chi connectivity index (χ1) is 8.45. The van der Waals surface area contributed by atoms with E-state index in [4.69, 9.17) is 4.74 Å². The van der Waals surface area contributed by atoms with E-state index in [1.54, 1.807) is 0 Å². The molecule has 1 amide bonds. The maximum Gasteiger partial charge on any atom is 0.407 e. The Morgan fingerprint density at radius 2 is 1.61 bits per heavy atom. The molecule has 0 heterocycles. The van der Waals surface area contributed by atoms with Crippen LogP contribution in [-0.4, -0.2) is 24.5 Å². The van der Waals surface area contributed by atoms with Crippen LogP contribution in [0.5, 0.6) is 0 Å². The minimum atomic E-state index is -0.431. The molecule has 0 unspecified atom stereocenters. The SMILES string of the molecule is CC(C)(C)OC(=O)NCCCCCCCC[C]=O. The Morgan fingerprint density at radius 1 is 1.06 bits per heavy atom. The van der Waals surface area contributed by atoms with Crippen molar-refractivity contribution in [2.24, 2.45) is 0 Å². The number of amides is 1. The van der Waals surface area contributed by atoms with Crippen molar-refractivity contribution < 1.29 is 14.3 Å². The second-order valence-corrected chi connectivity index (χ2v) is 5.44. The van der Waals surface area contributed by atoms with Gasteiger partial charge in [-0.05, 0) is 33.6 Å². The van der Waals surface area contributed by atoms with Crippen LogP contribution in [0.3, 0.4) is 0 Å². The molecule has 0 atom stereocenters. The van der Waals surface area contributed by atoms with E-state index in [0.29, 0.717) is 13.0 Å². The van der Waals surface area contributed by atoms with Crippen LogP contribution in [0.25, 0.3) is 0 Å². The molecule has 0 aromatic rings. The average molecular weight is 256 g/mol. The monoisotopic (exact) mass is 256 g/mol. The zero-order chi connectivity index (χ0) is 13.9. The summed E-state index contributed by atoms with van der Waals surface area (Å²) in [7, 11) is 0. The summed E-state index contributed by atoms with van der Waals surface area (Å²) in [5.41, 5.74) is -0.431. The lowest BCUT2D eigenvalue weighted by atomic mass is 10.1. The predicted octanol–water partition coefficient (Wildman–Crippen LogP) is 3.35. The van der Waals surface area contributed by atoms with E-state index in [0.717, 1.165) is 38.5 Å². The lowest BCUT2D eigenvalue weighted by Gasteiger charge is -2.19. The zero-order valence-corrected chi connectivity index (χ0v) is 11.9. The van der Waals surface area contributed by atoms with Crippen LogP contribution in [0.2, 0.25) is 0 Å². The first kappa shape index (κ1) is 16.9. The first-order valence-electron chi connectivity index (χ1n) is 6.77. The zero-order valence-electron chi connectivity index (χ0n) is 11.9. The summed E-state index contributed by atoms with van der Waals surface area (Å²) >= 11 is 0. The Labute approximate surface area is 110 Å². The van der Waals surface area contributed by atoms with Gasteiger partial charge in [0.05, 0.1) is 0 Å². The third-order valence-electron chi connectivity index (χ3n) is 2.37. The summed E-state index contributed by atoms with van der Waals surface area (Å²) in [4.78, 5) is 21.3. The number of carbonyl (C=O) groups excluding carboxylic acids is 2. The molecule has 0 saturated heterocycles. The third kappa shape index (κ3) is 13.0. The number of hydrogen-bond donors (Lipinski definition) is 1. The molecule has 0 bridgehead atoms. The molecular formula is C14H26NO3. The lowest BCUT2D eigenvalue weighted by Crippen LogP contribution is -2.32. The molecule has 0 fully saturated rings. The van der Waals surface area contributed by atoms with E-state index in [1.165, 1.54) is 0 Å². The molecule has 4 nitrogen and oxygen atoms in total. The molecule has 0 aliphatic carbocycles. The van der Waals surface area contributed by atoms with Gasteiger partial charge in [0.15, 0.2) is 6.29 Å². The lowest BCUT2D eigenvalue weighted by molar-refractivity contribution is 0.0527. The van der Waals surface area contributed by atoms with Crippen molar-refractivity contribution in [3.05, 3.63) is 0 Å². The highest BCUT2D eigenvalue weighted by atomic mass is 16.6. The smallest absolute Gasteiger partial charge is 0.407 e. The van der Waals surface area contributed by atoms with Gasteiger partial charge in [-0.15, -0.1) is 0 Å². The van der Waals surface area contributed by atoms with Gasteiger partial charge in [0, 0.05) is 13.0 Å². The summed E-state index contributed by atoms with van der Waals surface area (Å²) in [5, 5.41) is 2.74. The van der Waals surface area contributed by atoms with Crippen LogP contribution in [0.15, 0.2) is 0 Å². The van der Waals surface area contributed by atoms with Crippen molar-refractivity contribution in [1.82, 2.24) is 5.32 Å². The normalized spacial score (nSPS) is 11.1. The molecular weight excluding hydrogens is 230 g/mol. The van der Waals surface area contributed by atoms with Gasteiger partial charge < -0.3 is 10.1 Å². The minimum absolute atomic E-state index is 0.343. The fourth-order valence-electron chi connectivity index (χ4n) is 1.53. The largest absolute Gasteiger partial charge is 0.444 e. The highest BCUT2D eigenvalue weighted by molar-refractivity contribution is 5.67. The maximum absolute atomic E-state index is 11.3. The van der Waals surface area contributed by atoms with Crippen LogP contribution in [0.4, 0.5) is 4.79 Å². The van der Waals surface area contributed by atoms with E-state index in [9.17, 15) is 9.59 Å². The Kier molecular flexibility index (Phi) is 9.33. The van der Waals surface area contributed by atoms with E-state index in [-0.39, 0.29) is 6.09 Å². The van der Waals surface area contributed by atoms with Crippen LogP contribution >= 0.6 is 0 Å². The van der Waals surface area contributed by atoms with Gasteiger partial charge in [0.25, 0.3) is 0 Å². The van der Waals surface area contributed by atoms with Crippen molar-refractivity contribution in [3.8, 4) is 0 Å². The molecule has 0 aromatic carbocycles. The van der Waals surface area contributed by atoms with Gasteiger partial charge in [-0.3, -0.25) is 4.79 Å². The first-order valence-corrected chi connectivity index (χ1v) is 6.77. The second kappa shape index (κ2) is 9.92. The molecule has 1 radical (unpaired) electrons. The second-order valence-electron chi connectivity index (χ2n) is 5.44. The predicted molar refractivity (Wildman–Crippen MR) is 72.2 cm³/mol. The van der Waals surface area contributed by atoms with Crippen LogP contribution in [0.1, 0.15) is 65.7 Å². The van der Waals surface area contributed by atoms with E-state index < -0.39 is 5.60 Å². The van der Waals surface area contributed by atoms with Crippen molar-refractivity contribution in [3.63, 3.8) is 0 Å². The molecule has 1 N–H and O–H groups in total. The Hall–Kier alpha value is -1.06. The summed E-state index contributed by atoms with van der Waals surface area (Å²) in [6.07, 6.45) is 8.51. The molecule has 18 heavy (non-hydrogen) atoms. The average Bonchev–Trinajstić information content (AvgIpc) is 2.24. The fraction of sp³-hybridized carbons (Fsp3) is 0.857. The molecule has 0 saturated carbocycles. The summed E-state index contributed by atoms with van der Waals surface area (Å²) < 4.78 is 5.12. The number of unbranched alkanes of at least 4 members (excludes halogenated alkanes) is 6. The van der Waals surface area contributed by atoms with Crippen molar-refractivity contribution in [2.45, 2.75) is 71.3 Å². The highest BCUT2D eigenvalue weighted by Crippen LogP contribution is 2.07. The van der Waals surface area contributed by atoms with Crippen LogP contribution in [-0.2, 0) is 9.53 Å². The number of carbonyl (C=O) groups is 1. The molecule has 0 rings (SSSR count). The number of alkyl carbamates (subject to hydrolysis) is 1. The van der Waals surface area contributed by atoms with Crippen molar-refractivity contribution in [1.29, 1.82) is 0 Å². The highest BCUT2D eigenvalue weighted by Gasteiger charge is 2.15. The molecule has 0 aromatic heterocycles. The Morgan fingerprint density at radius 3 is 2.17 bits per heavy atom. The van der Waals surface area contributed by atoms with Gasteiger partial charge in [0.2, 0.25) is 0 Å². The van der Waals surface area contributed by atoms with E-state index in [1.807, 2.05) is 27.1 Å². The summed E-state index contributed by atoms with van der Waals surface area (Å²) in [5.74, 6) is 0. The van der Waals surface area contributed by atoms with Gasteiger partial charge in [-0.2, -0.15) is 0 Å². The quantitative estimate of drug-likeness (QED) is 0.644. The van der Waals surface area contributed by atoms with E-state index in [2.05, 4.69) is 5.32 Å². The van der Waals surface area contributed by atoms with Gasteiger partial charge in [-0.1, -0.05) is 25.7 Å². The number of rotatable bonds is 9. The van der Waals surface area contributed by atoms with Gasteiger partial charge in [0.1, 0.15) is 5.60 Å². The summed E-state index contributed by atoms with van der Waals surface area (Å²) in [6, 6.07) is 0. The van der Waals surface area contributed by atoms with Crippen molar-refractivity contribution in [2.75, 3.05) is 6.54 Å². The van der Waals surface area contributed by atoms with Gasteiger partial charge >= 0.3 is 6.09 Å². The van der Waals surface area contributed by atoms with Crippen LogP contribution in [0, 0.1) is 0 Å². The van der Waals surface area contributed by atoms with Crippen molar-refractivity contribution >= 4 is 12.4 Å².